The Morgan fingerprint density at radius 1 is 1.05 bits per heavy atom. The van der Waals surface area contributed by atoms with Crippen molar-refractivity contribution in [2.45, 2.75) is 19.8 Å². The van der Waals surface area contributed by atoms with Gasteiger partial charge in [-0.15, -0.1) is 0 Å². The van der Waals surface area contributed by atoms with Crippen LogP contribution < -0.4 is 4.74 Å². The summed E-state index contributed by atoms with van der Waals surface area (Å²) < 4.78 is 5.16. The summed E-state index contributed by atoms with van der Waals surface area (Å²) in [4.78, 5) is 8.02. The van der Waals surface area contributed by atoms with E-state index in [9.17, 15) is 0 Å². The van der Waals surface area contributed by atoms with Gasteiger partial charge in [-0.25, -0.2) is 4.98 Å². The zero-order valence-corrected chi connectivity index (χ0v) is 11.8. The van der Waals surface area contributed by atoms with Crippen molar-refractivity contribution < 1.29 is 4.74 Å². The molecule has 1 heterocycles. The van der Waals surface area contributed by atoms with Gasteiger partial charge in [0.2, 0.25) is 0 Å². The third-order valence-corrected chi connectivity index (χ3v) is 3.50. The highest BCUT2D eigenvalue weighted by Gasteiger charge is 2.03. The van der Waals surface area contributed by atoms with Crippen LogP contribution in [0.15, 0.2) is 42.5 Å². The largest absolute Gasteiger partial charge is 0.497 e. The highest BCUT2D eigenvalue weighted by atomic mass is 16.5. The van der Waals surface area contributed by atoms with Crippen molar-refractivity contribution in [2.75, 3.05) is 7.11 Å². The van der Waals surface area contributed by atoms with Gasteiger partial charge in [0.15, 0.2) is 0 Å². The number of H-pyrrole nitrogens is 1. The summed E-state index contributed by atoms with van der Waals surface area (Å²) in [6, 6.07) is 14.5. The van der Waals surface area contributed by atoms with Gasteiger partial charge in [-0.2, -0.15) is 0 Å². The van der Waals surface area contributed by atoms with Crippen molar-refractivity contribution in [1.29, 1.82) is 0 Å². The molecule has 0 aliphatic heterocycles. The van der Waals surface area contributed by atoms with E-state index in [2.05, 4.69) is 47.2 Å². The SMILES string of the molecule is COc1ccc(CCc2nc3ccc(C)cc3[nH]2)cc1. The second-order valence-electron chi connectivity index (χ2n) is 5.05. The second kappa shape index (κ2) is 5.37. The van der Waals surface area contributed by atoms with Crippen molar-refractivity contribution in [3.8, 4) is 5.75 Å². The number of hydrogen-bond acceptors (Lipinski definition) is 2. The number of aromatic amines is 1. The fourth-order valence-corrected chi connectivity index (χ4v) is 2.35. The second-order valence-corrected chi connectivity index (χ2v) is 5.05. The summed E-state index contributed by atoms with van der Waals surface area (Å²) in [7, 11) is 1.69. The first-order valence-corrected chi connectivity index (χ1v) is 6.83. The van der Waals surface area contributed by atoms with Gasteiger partial charge in [0, 0.05) is 6.42 Å². The van der Waals surface area contributed by atoms with Crippen LogP contribution in [0, 0.1) is 6.92 Å². The first-order chi connectivity index (χ1) is 9.74. The summed E-state index contributed by atoms with van der Waals surface area (Å²) >= 11 is 0. The number of imidazole rings is 1. The predicted octanol–water partition coefficient (Wildman–Crippen LogP) is 3.67. The van der Waals surface area contributed by atoms with Gasteiger partial charge in [0.25, 0.3) is 0 Å². The molecular formula is C17H18N2O. The van der Waals surface area contributed by atoms with Crippen LogP contribution in [0.2, 0.25) is 0 Å². The minimum absolute atomic E-state index is 0.896. The third-order valence-electron chi connectivity index (χ3n) is 3.50. The minimum Gasteiger partial charge on any atom is -0.497 e. The number of benzene rings is 2. The molecule has 0 saturated carbocycles. The van der Waals surface area contributed by atoms with E-state index in [1.165, 1.54) is 11.1 Å². The van der Waals surface area contributed by atoms with Gasteiger partial charge in [0.1, 0.15) is 11.6 Å². The first-order valence-electron chi connectivity index (χ1n) is 6.83. The molecule has 3 nitrogen and oxygen atoms in total. The normalized spacial score (nSPS) is 10.9. The molecule has 20 heavy (non-hydrogen) atoms. The number of nitrogens with one attached hydrogen (secondary N) is 1. The lowest BCUT2D eigenvalue weighted by molar-refractivity contribution is 0.414. The van der Waals surface area contributed by atoms with Gasteiger partial charge in [-0.3, -0.25) is 0 Å². The summed E-state index contributed by atoms with van der Waals surface area (Å²) in [6.45, 7) is 2.09. The molecule has 0 aliphatic carbocycles. The highest BCUT2D eigenvalue weighted by Crippen LogP contribution is 2.16. The van der Waals surface area contributed by atoms with E-state index in [0.29, 0.717) is 0 Å². The molecule has 0 amide bonds. The minimum atomic E-state index is 0.896. The molecule has 1 aromatic heterocycles. The van der Waals surface area contributed by atoms with E-state index in [0.717, 1.165) is 35.4 Å². The zero-order chi connectivity index (χ0) is 13.9. The van der Waals surface area contributed by atoms with E-state index < -0.39 is 0 Å². The Morgan fingerprint density at radius 3 is 2.60 bits per heavy atom. The fraction of sp³-hybridized carbons (Fsp3) is 0.235. The molecular weight excluding hydrogens is 248 g/mol. The van der Waals surface area contributed by atoms with Crippen molar-refractivity contribution in [1.82, 2.24) is 9.97 Å². The third kappa shape index (κ3) is 2.67. The number of ether oxygens (including phenoxy) is 1. The maximum Gasteiger partial charge on any atom is 0.118 e. The standard InChI is InChI=1S/C17H18N2O/c1-12-3-9-15-16(11-12)19-17(18-15)10-6-13-4-7-14(20-2)8-5-13/h3-5,7-9,11H,6,10H2,1-2H3,(H,18,19). The van der Waals surface area contributed by atoms with E-state index in [1.54, 1.807) is 7.11 Å². The Kier molecular flexibility index (Phi) is 3.42. The van der Waals surface area contributed by atoms with Crippen molar-refractivity contribution in [3.63, 3.8) is 0 Å². The van der Waals surface area contributed by atoms with E-state index in [1.807, 2.05) is 12.1 Å². The fourth-order valence-electron chi connectivity index (χ4n) is 2.35. The quantitative estimate of drug-likeness (QED) is 0.782. The Hall–Kier alpha value is -2.29. The Bertz CT molecular complexity index is 713. The lowest BCUT2D eigenvalue weighted by Crippen LogP contribution is -1.93. The van der Waals surface area contributed by atoms with E-state index >= 15 is 0 Å². The van der Waals surface area contributed by atoms with Gasteiger partial charge >= 0.3 is 0 Å². The van der Waals surface area contributed by atoms with Crippen LogP contribution in [0.1, 0.15) is 17.0 Å². The zero-order valence-electron chi connectivity index (χ0n) is 11.8. The van der Waals surface area contributed by atoms with Crippen molar-refractivity contribution >= 4 is 11.0 Å². The molecule has 0 bridgehead atoms. The maximum absolute atomic E-state index is 5.16. The number of fused-ring (bicyclic) bond motifs is 1. The predicted molar refractivity (Wildman–Crippen MR) is 81.2 cm³/mol. The molecule has 0 unspecified atom stereocenters. The summed E-state index contributed by atoms with van der Waals surface area (Å²) in [6.07, 6.45) is 1.89. The Balaban J connectivity index is 1.72. The molecule has 0 aliphatic rings. The molecule has 1 N–H and O–H groups in total. The van der Waals surface area contributed by atoms with Gasteiger partial charge in [0.05, 0.1) is 18.1 Å². The highest BCUT2D eigenvalue weighted by molar-refractivity contribution is 5.75. The smallest absolute Gasteiger partial charge is 0.118 e. The number of hydrogen-bond donors (Lipinski definition) is 1. The molecule has 3 rings (SSSR count). The summed E-state index contributed by atoms with van der Waals surface area (Å²) in [5.41, 5.74) is 4.71. The molecule has 0 fully saturated rings. The average molecular weight is 266 g/mol. The molecule has 2 aromatic carbocycles. The van der Waals surface area contributed by atoms with Gasteiger partial charge in [-0.05, 0) is 48.7 Å². The van der Waals surface area contributed by atoms with Crippen molar-refractivity contribution in [3.05, 3.63) is 59.4 Å². The Labute approximate surface area is 118 Å². The van der Waals surface area contributed by atoms with Crippen LogP contribution >= 0.6 is 0 Å². The number of methoxy groups -OCH3 is 1. The Morgan fingerprint density at radius 2 is 1.85 bits per heavy atom. The molecule has 0 spiro atoms. The topological polar surface area (TPSA) is 37.9 Å². The van der Waals surface area contributed by atoms with Gasteiger partial charge < -0.3 is 9.72 Å². The lowest BCUT2D eigenvalue weighted by atomic mass is 10.1. The van der Waals surface area contributed by atoms with Crippen LogP contribution in [-0.2, 0) is 12.8 Å². The molecule has 3 aromatic rings. The first kappa shape index (κ1) is 12.7. The average Bonchev–Trinajstić information content (AvgIpc) is 2.87. The van der Waals surface area contributed by atoms with Gasteiger partial charge in [-0.1, -0.05) is 18.2 Å². The number of nitrogens with zero attached hydrogens (tertiary/aromatic N) is 1. The molecule has 0 saturated heterocycles. The van der Waals surface area contributed by atoms with Crippen LogP contribution in [0.25, 0.3) is 11.0 Å². The summed E-state index contributed by atoms with van der Waals surface area (Å²) in [5.74, 6) is 1.94. The maximum atomic E-state index is 5.16. The molecule has 0 radical (unpaired) electrons. The monoisotopic (exact) mass is 266 g/mol. The van der Waals surface area contributed by atoms with Crippen LogP contribution in [0.3, 0.4) is 0 Å². The summed E-state index contributed by atoms with van der Waals surface area (Å²) in [5, 5.41) is 0. The number of aryl methyl sites for hydroxylation is 3. The van der Waals surface area contributed by atoms with Crippen LogP contribution in [-0.4, -0.2) is 17.1 Å². The lowest BCUT2D eigenvalue weighted by Gasteiger charge is -2.02. The van der Waals surface area contributed by atoms with Crippen LogP contribution in [0.5, 0.6) is 5.75 Å². The van der Waals surface area contributed by atoms with E-state index in [4.69, 9.17) is 4.74 Å². The number of aromatic nitrogens is 2. The van der Waals surface area contributed by atoms with Crippen molar-refractivity contribution in [2.24, 2.45) is 0 Å². The molecule has 102 valence electrons. The van der Waals surface area contributed by atoms with Crippen LogP contribution in [0.4, 0.5) is 0 Å². The molecule has 3 heteroatoms. The van der Waals surface area contributed by atoms with E-state index in [-0.39, 0.29) is 0 Å². The molecule has 0 atom stereocenters. The number of rotatable bonds is 4.